The number of carbonyl (C=O) groups excluding carboxylic acids is 1. The van der Waals surface area contributed by atoms with Crippen LogP contribution in [0, 0.1) is 11.8 Å². The Morgan fingerprint density at radius 2 is 2.04 bits per heavy atom. The van der Waals surface area contributed by atoms with Crippen molar-refractivity contribution in [1.29, 1.82) is 0 Å². The lowest BCUT2D eigenvalue weighted by molar-refractivity contribution is -0.127. The molecule has 1 aliphatic heterocycles. The van der Waals surface area contributed by atoms with E-state index in [9.17, 15) is 9.90 Å². The first kappa shape index (κ1) is 18.2. The summed E-state index contributed by atoms with van der Waals surface area (Å²) in [5.41, 5.74) is 0. The smallest absolute Gasteiger partial charge is 0.233 e. The summed E-state index contributed by atoms with van der Waals surface area (Å²) >= 11 is 1.47. The number of hydrogen-bond acceptors (Lipinski definition) is 7. The van der Waals surface area contributed by atoms with E-state index in [1.807, 2.05) is 23.1 Å². The Balaban J connectivity index is 1.32. The molecule has 3 heterocycles. The number of pyridine rings is 1. The van der Waals surface area contributed by atoms with Gasteiger partial charge in [0.2, 0.25) is 5.91 Å². The predicted molar refractivity (Wildman–Crippen MR) is 103 cm³/mol. The number of hydrogen-bond donors (Lipinski definition) is 2. The van der Waals surface area contributed by atoms with E-state index in [0.717, 1.165) is 24.5 Å². The normalized spacial score (nSPS) is 27.2. The lowest BCUT2D eigenvalue weighted by atomic mass is 9.77. The number of anilines is 1. The summed E-state index contributed by atoms with van der Waals surface area (Å²) in [6.07, 6.45) is 7.77. The molecule has 2 aliphatic rings. The van der Waals surface area contributed by atoms with Gasteiger partial charge in [-0.25, -0.2) is 9.97 Å². The third-order valence-corrected chi connectivity index (χ3v) is 6.30. The molecule has 1 amide bonds. The largest absolute Gasteiger partial charge is 0.391 e. The molecule has 0 unspecified atom stereocenters. The van der Waals surface area contributed by atoms with Crippen molar-refractivity contribution in [1.82, 2.24) is 19.9 Å². The van der Waals surface area contributed by atoms with Crippen molar-refractivity contribution in [3.63, 3.8) is 0 Å². The van der Waals surface area contributed by atoms with Gasteiger partial charge in [0.15, 0.2) is 0 Å². The monoisotopic (exact) mass is 385 g/mol. The highest BCUT2D eigenvalue weighted by molar-refractivity contribution is 7.99. The van der Waals surface area contributed by atoms with E-state index in [2.05, 4.69) is 20.3 Å². The molecule has 0 aromatic carbocycles. The highest BCUT2D eigenvalue weighted by atomic mass is 32.2. The van der Waals surface area contributed by atoms with Crippen molar-refractivity contribution in [2.45, 2.75) is 30.0 Å². The summed E-state index contributed by atoms with van der Waals surface area (Å²) < 4.78 is 0. The van der Waals surface area contributed by atoms with Crippen LogP contribution in [-0.4, -0.2) is 61.9 Å². The highest BCUT2D eigenvalue weighted by Crippen LogP contribution is 2.37. The van der Waals surface area contributed by atoms with Gasteiger partial charge in [0.1, 0.15) is 5.82 Å². The zero-order chi connectivity index (χ0) is 18.6. The summed E-state index contributed by atoms with van der Waals surface area (Å²) in [6.45, 7) is 1.50. The van der Waals surface area contributed by atoms with Crippen molar-refractivity contribution < 1.29 is 9.90 Å². The average molecular weight is 385 g/mol. The molecule has 2 N–H and O–H groups in total. The first-order chi connectivity index (χ1) is 13.2. The molecule has 1 aliphatic carbocycles. The number of nitrogens with zero attached hydrogens (tertiary/aromatic N) is 4. The first-order valence-corrected chi connectivity index (χ1v) is 10.2. The third-order valence-electron chi connectivity index (χ3n) is 5.37. The molecule has 7 nitrogen and oxygen atoms in total. The fraction of sp³-hybridized carbons (Fsp3) is 0.474. The standard InChI is InChI=1S/C19H23N5O2S/c25-16-8-14-11-24(19(26)12-27-18-3-1-2-4-22-18)10-13(14)7-15(16)23-17-9-20-5-6-21-17/h1-6,9,13-16,25H,7-8,10-12H2,(H,21,23)/t13-,14+,15-,16-/m1/s1. The van der Waals surface area contributed by atoms with E-state index >= 15 is 0 Å². The van der Waals surface area contributed by atoms with Crippen LogP contribution >= 0.6 is 11.8 Å². The quantitative estimate of drug-likeness (QED) is 0.757. The van der Waals surface area contributed by atoms with Crippen molar-refractivity contribution in [3.8, 4) is 0 Å². The summed E-state index contributed by atoms with van der Waals surface area (Å²) in [4.78, 5) is 27.1. The number of likely N-dealkylation sites (tertiary alicyclic amines) is 1. The van der Waals surface area contributed by atoms with Gasteiger partial charge in [-0.1, -0.05) is 17.8 Å². The molecule has 4 rings (SSSR count). The minimum absolute atomic E-state index is 0.0547. The first-order valence-electron chi connectivity index (χ1n) is 9.21. The molecule has 2 aromatic heterocycles. The molecule has 0 spiro atoms. The van der Waals surface area contributed by atoms with E-state index in [0.29, 0.717) is 29.8 Å². The number of carbonyl (C=O) groups is 1. The van der Waals surface area contributed by atoms with Gasteiger partial charge in [0.25, 0.3) is 0 Å². The van der Waals surface area contributed by atoms with Gasteiger partial charge < -0.3 is 15.3 Å². The Morgan fingerprint density at radius 3 is 2.78 bits per heavy atom. The van der Waals surface area contributed by atoms with Crippen LogP contribution in [0.5, 0.6) is 0 Å². The molecule has 2 aromatic rings. The summed E-state index contributed by atoms with van der Waals surface area (Å²) in [7, 11) is 0. The zero-order valence-electron chi connectivity index (χ0n) is 14.9. The molecule has 8 heteroatoms. The molecule has 0 radical (unpaired) electrons. The van der Waals surface area contributed by atoms with Gasteiger partial charge >= 0.3 is 0 Å². The van der Waals surface area contributed by atoms with E-state index in [4.69, 9.17) is 0 Å². The topological polar surface area (TPSA) is 91.2 Å². The molecule has 1 saturated carbocycles. The second-order valence-electron chi connectivity index (χ2n) is 7.16. The van der Waals surface area contributed by atoms with Crippen LogP contribution in [0.15, 0.2) is 48.0 Å². The van der Waals surface area contributed by atoms with Crippen LogP contribution in [-0.2, 0) is 4.79 Å². The third kappa shape index (κ3) is 4.39. The number of amides is 1. The summed E-state index contributed by atoms with van der Waals surface area (Å²) in [5, 5.41) is 14.7. The van der Waals surface area contributed by atoms with E-state index in [1.54, 1.807) is 24.8 Å². The van der Waals surface area contributed by atoms with Crippen LogP contribution in [0.25, 0.3) is 0 Å². The number of fused-ring (bicyclic) bond motifs is 1. The van der Waals surface area contributed by atoms with Gasteiger partial charge in [-0.3, -0.25) is 9.78 Å². The van der Waals surface area contributed by atoms with Crippen molar-refractivity contribution in [2.75, 3.05) is 24.2 Å². The van der Waals surface area contributed by atoms with Crippen LogP contribution in [0.2, 0.25) is 0 Å². The van der Waals surface area contributed by atoms with E-state index < -0.39 is 6.10 Å². The molecule has 2 fully saturated rings. The van der Waals surface area contributed by atoms with Crippen molar-refractivity contribution >= 4 is 23.5 Å². The fourth-order valence-corrected chi connectivity index (χ4v) is 4.78. The Hall–Kier alpha value is -2.19. The Morgan fingerprint density at radius 1 is 1.19 bits per heavy atom. The number of thioether (sulfide) groups is 1. The minimum Gasteiger partial charge on any atom is -0.391 e. The second-order valence-corrected chi connectivity index (χ2v) is 8.15. The lowest BCUT2D eigenvalue weighted by Crippen LogP contribution is -2.43. The van der Waals surface area contributed by atoms with Crippen LogP contribution in [0.1, 0.15) is 12.8 Å². The molecule has 27 heavy (non-hydrogen) atoms. The number of aromatic nitrogens is 3. The second kappa shape index (κ2) is 8.22. The van der Waals surface area contributed by atoms with Crippen molar-refractivity contribution in [2.24, 2.45) is 11.8 Å². The van der Waals surface area contributed by atoms with Gasteiger partial charge in [-0.05, 0) is 36.8 Å². The average Bonchev–Trinajstić information content (AvgIpc) is 3.11. The maximum absolute atomic E-state index is 12.6. The van der Waals surface area contributed by atoms with Crippen LogP contribution in [0.4, 0.5) is 5.82 Å². The lowest BCUT2D eigenvalue weighted by Gasteiger charge is -2.35. The maximum Gasteiger partial charge on any atom is 0.233 e. The Bertz CT molecular complexity index is 763. The van der Waals surface area contributed by atoms with Crippen LogP contribution in [0.3, 0.4) is 0 Å². The molecule has 4 atom stereocenters. The van der Waals surface area contributed by atoms with E-state index in [-0.39, 0.29) is 11.9 Å². The molecular formula is C19H23N5O2S. The zero-order valence-corrected chi connectivity index (χ0v) is 15.8. The van der Waals surface area contributed by atoms with Crippen molar-refractivity contribution in [3.05, 3.63) is 43.0 Å². The van der Waals surface area contributed by atoms with Gasteiger partial charge in [0.05, 0.1) is 29.1 Å². The Labute approximate surface area is 162 Å². The number of aliphatic hydroxyl groups excluding tert-OH is 1. The Kier molecular flexibility index (Phi) is 5.54. The highest BCUT2D eigenvalue weighted by Gasteiger charge is 2.43. The molecular weight excluding hydrogens is 362 g/mol. The number of nitrogens with one attached hydrogen (secondary N) is 1. The molecule has 0 bridgehead atoms. The molecule has 142 valence electrons. The minimum atomic E-state index is -0.439. The maximum atomic E-state index is 12.6. The van der Waals surface area contributed by atoms with E-state index in [1.165, 1.54) is 11.8 Å². The fourth-order valence-electron chi connectivity index (χ4n) is 4.01. The molecule has 1 saturated heterocycles. The van der Waals surface area contributed by atoms with Crippen LogP contribution < -0.4 is 5.32 Å². The van der Waals surface area contributed by atoms with Gasteiger partial charge in [-0.2, -0.15) is 0 Å². The summed E-state index contributed by atoms with van der Waals surface area (Å²) in [6, 6.07) is 5.66. The number of aliphatic hydroxyl groups is 1. The SMILES string of the molecule is O=C(CSc1ccccn1)N1C[C@H]2C[C@@H](Nc3cnccn3)[C@H](O)C[C@H]2C1. The predicted octanol–water partition coefficient (Wildman–Crippen LogP) is 1.67. The van der Waals surface area contributed by atoms with Gasteiger partial charge in [0, 0.05) is 31.7 Å². The number of rotatable bonds is 5. The summed E-state index contributed by atoms with van der Waals surface area (Å²) in [5.74, 6) is 2.00. The van der Waals surface area contributed by atoms with Gasteiger partial charge in [-0.15, -0.1) is 0 Å².